The first-order valence-electron chi connectivity index (χ1n) is 12.4. The molecular formula is C28H42O9. The molecule has 0 spiro atoms. The van der Waals surface area contributed by atoms with Crippen molar-refractivity contribution in [3.63, 3.8) is 0 Å². The van der Waals surface area contributed by atoms with Crippen molar-refractivity contribution < 1.29 is 42.7 Å². The molecule has 0 bridgehead atoms. The van der Waals surface area contributed by atoms with Crippen molar-refractivity contribution in [1.29, 1.82) is 0 Å². The molecule has 0 fully saturated rings. The molecule has 0 amide bonds. The minimum Gasteiger partial charge on any atom is -0.497 e. The van der Waals surface area contributed by atoms with E-state index in [1.165, 1.54) is 0 Å². The standard InChI is InChI=1S/C28H42O9/c1-7-24(34-19-23-10-13-25(32-6)14-11-23)12-9-21(3)36-28(30)16-15-26(22(4)37-27(29)8-2)35-20-33-18-17-31-5/h7-8,10-11,13-14,21-22,24,26H,1-2,9,12,15-20H2,3-6H3/t21-,22-,24+,26-/m1/s1. The fraction of sp³-hybridized carbons (Fsp3) is 0.571. The van der Waals surface area contributed by atoms with Gasteiger partial charge in [-0.25, -0.2) is 4.79 Å². The normalized spacial score (nSPS) is 14.2. The van der Waals surface area contributed by atoms with Crippen LogP contribution >= 0.6 is 0 Å². The van der Waals surface area contributed by atoms with Crippen LogP contribution in [0.25, 0.3) is 0 Å². The van der Waals surface area contributed by atoms with Crippen molar-refractivity contribution in [3.05, 3.63) is 55.1 Å². The van der Waals surface area contributed by atoms with E-state index in [0.717, 1.165) is 17.4 Å². The Labute approximate surface area is 220 Å². The lowest BCUT2D eigenvalue weighted by Crippen LogP contribution is -2.32. The Morgan fingerprint density at radius 1 is 0.946 bits per heavy atom. The molecule has 1 aromatic rings. The summed E-state index contributed by atoms with van der Waals surface area (Å²) < 4.78 is 37.8. The molecule has 0 N–H and O–H groups in total. The number of methoxy groups -OCH3 is 2. The summed E-state index contributed by atoms with van der Waals surface area (Å²) in [5.41, 5.74) is 1.03. The van der Waals surface area contributed by atoms with Crippen LogP contribution in [0.5, 0.6) is 5.75 Å². The van der Waals surface area contributed by atoms with Crippen LogP contribution in [0.1, 0.15) is 45.1 Å². The van der Waals surface area contributed by atoms with E-state index >= 15 is 0 Å². The van der Waals surface area contributed by atoms with Crippen molar-refractivity contribution in [2.24, 2.45) is 0 Å². The number of esters is 2. The van der Waals surface area contributed by atoms with Gasteiger partial charge in [-0.1, -0.05) is 24.8 Å². The Bertz CT molecular complexity index is 793. The highest BCUT2D eigenvalue weighted by Gasteiger charge is 2.23. The van der Waals surface area contributed by atoms with E-state index in [-0.39, 0.29) is 31.4 Å². The van der Waals surface area contributed by atoms with Gasteiger partial charge in [0.05, 0.1) is 45.2 Å². The predicted molar refractivity (Wildman–Crippen MR) is 139 cm³/mol. The van der Waals surface area contributed by atoms with Crippen LogP contribution in [-0.2, 0) is 44.6 Å². The molecule has 1 aromatic carbocycles. The molecule has 0 radical (unpaired) electrons. The smallest absolute Gasteiger partial charge is 0.330 e. The van der Waals surface area contributed by atoms with E-state index in [9.17, 15) is 9.59 Å². The summed E-state index contributed by atoms with van der Waals surface area (Å²) in [5.74, 6) is -0.137. The Kier molecular flexibility index (Phi) is 16.9. The van der Waals surface area contributed by atoms with Gasteiger partial charge in [0.1, 0.15) is 18.6 Å². The van der Waals surface area contributed by atoms with Gasteiger partial charge in [-0.2, -0.15) is 0 Å². The number of ether oxygens (including phenoxy) is 7. The van der Waals surface area contributed by atoms with Gasteiger partial charge in [-0.15, -0.1) is 6.58 Å². The molecule has 0 aliphatic carbocycles. The minimum atomic E-state index is -0.599. The van der Waals surface area contributed by atoms with Crippen LogP contribution in [-0.4, -0.2) is 70.6 Å². The molecule has 0 unspecified atom stereocenters. The van der Waals surface area contributed by atoms with Crippen molar-refractivity contribution >= 4 is 11.9 Å². The van der Waals surface area contributed by atoms with Gasteiger partial charge >= 0.3 is 11.9 Å². The van der Waals surface area contributed by atoms with Crippen LogP contribution in [0.3, 0.4) is 0 Å². The highest BCUT2D eigenvalue weighted by Crippen LogP contribution is 2.17. The molecule has 0 aliphatic heterocycles. The average molecular weight is 523 g/mol. The molecule has 1 rings (SSSR count). The van der Waals surface area contributed by atoms with Gasteiger partial charge in [0.2, 0.25) is 0 Å². The first-order chi connectivity index (χ1) is 17.8. The molecule has 37 heavy (non-hydrogen) atoms. The summed E-state index contributed by atoms with van der Waals surface area (Å²) in [5, 5.41) is 0. The first-order valence-corrected chi connectivity index (χ1v) is 12.4. The largest absolute Gasteiger partial charge is 0.497 e. The van der Waals surface area contributed by atoms with Crippen molar-refractivity contribution in [3.8, 4) is 5.75 Å². The second-order valence-electron chi connectivity index (χ2n) is 8.42. The summed E-state index contributed by atoms with van der Waals surface area (Å²) in [6, 6.07) is 7.67. The third-order valence-electron chi connectivity index (χ3n) is 5.50. The lowest BCUT2D eigenvalue weighted by Gasteiger charge is -2.24. The third kappa shape index (κ3) is 14.6. The minimum absolute atomic E-state index is 0.0189. The fourth-order valence-electron chi connectivity index (χ4n) is 3.29. The molecule has 4 atom stereocenters. The molecule has 9 nitrogen and oxygen atoms in total. The average Bonchev–Trinajstić information content (AvgIpc) is 2.90. The van der Waals surface area contributed by atoms with Crippen LogP contribution in [0.4, 0.5) is 0 Å². The van der Waals surface area contributed by atoms with Crippen LogP contribution in [0.15, 0.2) is 49.6 Å². The predicted octanol–water partition coefficient (Wildman–Crippen LogP) is 4.38. The molecular weight excluding hydrogens is 480 g/mol. The van der Waals surface area contributed by atoms with Gasteiger partial charge in [-0.3, -0.25) is 4.79 Å². The number of hydrogen-bond acceptors (Lipinski definition) is 9. The van der Waals surface area contributed by atoms with Crippen LogP contribution < -0.4 is 4.74 Å². The lowest BCUT2D eigenvalue weighted by molar-refractivity contribution is -0.164. The van der Waals surface area contributed by atoms with E-state index < -0.39 is 18.2 Å². The molecule has 0 aromatic heterocycles. The Morgan fingerprint density at radius 2 is 1.68 bits per heavy atom. The molecule has 0 saturated heterocycles. The van der Waals surface area contributed by atoms with Crippen LogP contribution in [0, 0.1) is 0 Å². The summed E-state index contributed by atoms with van der Waals surface area (Å²) in [6.45, 7) is 12.0. The Morgan fingerprint density at radius 3 is 2.30 bits per heavy atom. The maximum Gasteiger partial charge on any atom is 0.330 e. The zero-order chi connectivity index (χ0) is 27.5. The van der Waals surface area contributed by atoms with E-state index in [1.54, 1.807) is 27.2 Å². The monoisotopic (exact) mass is 522 g/mol. The highest BCUT2D eigenvalue weighted by molar-refractivity contribution is 5.81. The second kappa shape index (κ2) is 19.4. The Balaban J connectivity index is 2.44. The maximum absolute atomic E-state index is 12.4. The van der Waals surface area contributed by atoms with E-state index in [4.69, 9.17) is 33.2 Å². The summed E-state index contributed by atoms with van der Waals surface area (Å²) in [7, 11) is 3.20. The first kappa shape index (κ1) is 32.3. The van der Waals surface area contributed by atoms with Crippen molar-refractivity contribution in [1.82, 2.24) is 0 Å². The van der Waals surface area contributed by atoms with Gasteiger partial charge < -0.3 is 33.2 Å². The van der Waals surface area contributed by atoms with E-state index in [2.05, 4.69) is 13.2 Å². The number of rotatable bonds is 21. The summed E-state index contributed by atoms with van der Waals surface area (Å²) >= 11 is 0. The van der Waals surface area contributed by atoms with Gasteiger partial charge in [0.25, 0.3) is 0 Å². The fourth-order valence-corrected chi connectivity index (χ4v) is 3.29. The van der Waals surface area contributed by atoms with Crippen molar-refractivity contribution in [2.45, 2.75) is 70.6 Å². The number of carbonyl (C=O) groups is 2. The van der Waals surface area contributed by atoms with Gasteiger partial charge in [0.15, 0.2) is 0 Å². The molecule has 0 saturated carbocycles. The number of hydrogen-bond donors (Lipinski definition) is 0. The van der Waals surface area contributed by atoms with Crippen molar-refractivity contribution in [2.75, 3.05) is 34.2 Å². The topological polar surface area (TPSA) is 98.8 Å². The lowest BCUT2D eigenvalue weighted by atomic mass is 10.1. The summed E-state index contributed by atoms with van der Waals surface area (Å²) in [6.07, 6.45) is 2.89. The summed E-state index contributed by atoms with van der Waals surface area (Å²) in [4.78, 5) is 24.0. The highest BCUT2D eigenvalue weighted by atomic mass is 16.7. The van der Waals surface area contributed by atoms with E-state index in [0.29, 0.717) is 39.1 Å². The SMILES string of the molecule is C=CC(=O)O[C@H](C)[C@@H](CCC(=O)O[C@H](C)CC[C@H](C=C)OCc1ccc(OC)cc1)OCOCCOC. The molecule has 9 heteroatoms. The zero-order valence-electron chi connectivity index (χ0n) is 22.5. The molecule has 0 aliphatic rings. The van der Waals surface area contributed by atoms with Gasteiger partial charge in [0, 0.05) is 19.6 Å². The Hall–Kier alpha value is -2.72. The molecule has 208 valence electrons. The zero-order valence-corrected chi connectivity index (χ0v) is 22.5. The third-order valence-corrected chi connectivity index (χ3v) is 5.50. The quantitative estimate of drug-likeness (QED) is 0.0766. The van der Waals surface area contributed by atoms with E-state index in [1.807, 2.05) is 31.2 Å². The maximum atomic E-state index is 12.4. The van der Waals surface area contributed by atoms with Gasteiger partial charge in [-0.05, 0) is 50.8 Å². The number of benzene rings is 1. The molecule has 0 heterocycles. The second-order valence-corrected chi connectivity index (χ2v) is 8.42. The van der Waals surface area contributed by atoms with Crippen LogP contribution in [0.2, 0.25) is 0 Å². The number of carbonyl (C=O) groups excluding carboxylic acids is 2.